The normalized spacial score (nSPS) is 12.2. The Morgan fingerprint density at radius 1 is 1.35 bits per heavy atom. The highest BCUT2D eigenvalue weighted by atomic mass is 32.1. The van der Waals surface area contributed by atoms with E-state index in [4.69, 9.17) is 5.11 Å². The summed E-state index contributed by atoms with van der Waals surface area (Å²) in [5, 5.41) is 12.0. The van der Waals surface area contributed by atoms with Gasteiger partial charge >= 0.3 is 5.97 Å². The molecule has 122 valence electrons. The van der Waals surface area contributed by atoms with E-state index in [0.29, 0.717) is 17.0 Å². The number of aliphatic carboxylic acids is 1. The Morgan fingerprint density at radius 2 is 2.04 bits per heavy atom. The topological polar surface area (TPSA) is 79.3 Å². The van der Waals surface area contributed by atoms with Crippen LogP contribution in [0, 0.1) is 11.7 Å². The highest BCUT2D eigenvalue weighted by molar-refractivity contribution is 7.16. The molecule has 5 nitrogen and oxygen atoms in total. The van der Waals surface area contributed by atoms with Crippen molar-refractivity contribution >= 4 is 23.2 Å². The van der Waals surface area contributed by atoms with Crippen molar-refractivity contribution in [2.75, 3.05) is 0 Å². The van der Waals surface area contributed by atoms with E-state index in [9.17, 15) is 14.0 Å². The minimum atomic E-state index is -1.08. The average molecular weight is 336 g/mol. The number of amides is 1. The molecule has 2 rings (SSSR count). The number of carbonyl (C=O) groups excluding carboxylic acids is 1. The van der Waals surface area contributed by atoms with E-state index in [-0.39, 0.29) is 10.8 Å². The number of rotatable bonds is 6. The number of carboxylic acid groups (broad SMARTS) is 1. The predicted octanol–water partition coefficient (Wildman–Crippen LogP) is 3.18. The van der Waals surface area contributed by atoms with E-state index in [1.807, 2.05) is 13.8 Å². The summed E-state index contributed by atoms with van der Waals surface area (Å²) in [5.74, 6) is -1.88. The lowest BCUT2D eigenvalue weighted by Crippen LogP contribution is -2.41. The third-order valence-corrected chi connectivity index (χ3v) is 4.17. The number of benzene rings is 1. The summed E-state index contributed by atoms with van der Waals surface area (Å²) in [5.41, 5.74) is 0.313. The number of aromatic nitrogens is 1. The molecule has 0 saturated carbocycles. The summed E-state index contributed by atoms with van der Waals surface area (Å²) in [6, 6.07) is 5.20. The molecule has 0 spiro atoms. The third kappa shape index (κ3) is 4.35. The summed E-state index contributed by atoms with van der Waals surface area (Å²) in [6.07, 6.45) is 1.66. The molecule has 2 N–H and O–H groups in total. The first kappa shape index (κ1) is 17.1. The van der Waals surface area contributed by atoms with E-state index in [1.165, 1.54) is 12.3 Å². The van der Waals surface area contributed by atoms with Crippen LogP contribution < -0.4 is 5.32 Å². The molecule has 0 saturated heterocycles. The van der Waals surface area contributed by atoms with Crippen molar-refractivity contribution in [3.63, 3.8) is 0 Å². The van der Waals surface area contributed by atoms with Crippen molar-refractivity contribution in [1.82, 2.24) is 10.3 Å². The molecule has 1 amide bonds. The van der Waals surface area contributed by atoms with Crippen molar-refractivity contribution < 1.29 is 19.1 Å². The maximum atomic E-state index is 13.7. The summed E-state index contributed by atoms with van der Waals surface area (Å²) >= 11 is 1.02. The molecule has 0 fully saturated rings. The van der Waals surface area contributed by atoms with Crippen LogP contribution in [0.2, 0.25) is 0 Å². The van der Waals surface area contributed by atoms with Crippen molar-refractivity contribution in [3.8, 4) is 10.6 Å². The zero-order valence-electron chi connectivity index (χ0n) is 12.7. The molecule has 0 aliphatic rings. The predicted molar refractivity (Wildman–Crippen MR) is 85.9 cm³/mol. The number of carboxylic acids is 1. The van der Waals surface area contributed by atoms with Crippen LogP contribution in [0.3, 0.4) is 0 Å². The maximum Gasteiger partial charge on any atom is 0.326 e. The van der Waals surface area contributed by atoms with Crippen LogP contribution in [0.4, 0.5) is 4.39 Å². The first-order valence-electron chi connectivity index (χ1n) is 7.13. The van der Waals surface area contributed by atoms with Crippen molar-refractivity contribution in [3.05, 3.63) is 41.2 Å². The molecule has 23 heavy (non-hydrogen) atoms. The van der Waals surface area contributed by atoms with E-state index in [0.717, 1.165) is 11.3 Å². The summed E-state index contributed by atoms with van der Waals surface area (Å²) in [4.78, 5) is 27.7. The van der Waals surface area contributed by atoms with Gasteiger partial charge in [0.1, 0.15) is 21.7 Å². The molecule has 1 aromatic carbocycles. The fourth-order valence-corrected chi connectivity index (χ4v) is 2.91. The number of thiazole rings is 1. The lowest BCUT2D eigenvalue weighted by atomic mass is 10.0. The molecule has 0 aliphatic carbocycles. The minimum absolute atomic E-state index is 0.131. The Morgan fingerprint density at radius 3 is 2.65 bits per heavy atom. The molecule has 0 aliphatic heterocycles. The van der Waals surface area contributed by atoms with Gasteiger partial charge in [-0.3, -0.25) is 4.79 Å². The lowest BCUT2D eigenvalue weighted by Gasteiger charge is -2.15. The van der Waals surface area contributed by atoms with Crippen LogP contribution in [0.25, 0.3) is 10.6 Å². The second-order valence-electron chi connectivity index (χ2n) is 5.50. The van der Waals surface area contributed by atoms with Gasteiger partial charge in [-0.1, -0.05) is 26.0 Å². The maximum absolute atomic E-state index is 13.7. The Bertz CT molecular complexity index is 715. The van der Waals surface area contributed by atoms with Crippen LogP contribution in [0.15, 0.2) is 30.5 Å². The molecular formula is C16H17FN2O3S. The highest BCUT2D eigenvalue weighted by Gasteiger charge is 2.23. The van der Waals surface area contributed by atoms with Crippen LogP contribution in [-0.4, -0.2) is 28.0 Å². The van der Waals surface area contributed by atoms with Gasteiger partial charge in [0.2, 0.25) is 0 Å². The van der Waals surface area contributed by atoms with Crippen molar-refractivity contribution in [2.45, 2.75) is 26.3 Å². The molecule has 1 aromatic heterocycles. The zero-order valence-corrected chi connectivity index (χ0v) is 13.6. The number of carbonyl (C=O) groups is 2. The van der Waals surface area contributed by atoms with E-state index >= 15 is 0 Å². The number of hydrogen-bond donors (Lipinski definition) is 2. The van der Waals surface area contributed by atoms with Crippen LogP contribution >= 0.6 is 11.3 Å². The van der Waals surface area contributed by atoms with Crippen LogP contribution in [0.5, 0.6) is 0 Å². The van der Waals surface area contributed by atoms with Gasteiger partial charge in [-0.05, 0) is 24.5 Å². The first-order valence-corrected chi connectivity index (χ1v) is 7.94. The van der Waals surface area contributed by atoms with Crippen molar-refractivity contribution in [2.24, 2.45) is 5.92 Å². The highest BCUT2D eigenvalue weighted by Crippen LogP contribution is 2.27. The second kappa shape index (κ2) is 7.32. The third-order valence-electron chi connectivity index (χ3n) is 3.14. The monoisotopic (exact) mass is 336 g/mol. The van der Waals surface area contributed by atoms with Gasteiger partial charge in [-0.15, -0.1) is 11.3 Å². The van der Waals surface area contributed by atoms with Gasteiger partial charge in [0.05, 0.1) is 6.20 Å². The van der Waals surface area contributed by atoms with Crippen molar-refractivity contribution in [1.29, 1.82) is 0 Å². The second-order valence-corrected chi connectivity index (χ2v) is 6.53. The molecule has 1 atom stereocenters. The quantitative estimate of drug-likeness (QED) is 0.849. The Labute approximate surface area is 137 Å². The lowest BCUT2D eigenvalue weighted by molar-refractivity contribution is -0.139. The molecule has 0 unspecified atom stereocenters. The van der Waals surface area contributed by atoms with Gasteiger partial charge in [-0.2, -0.15) is 0 Å². The van der Waals surface area contributed by atoms with Gasteiger partial charge in [-0.25, -0.2) is 14.2 Å². The summed E-state index contributed by atoms with van der Waals surface area (Å²) in [6.45, 7) is 3.76. The van der Waals surface area contributed by atoms with E-state index in [1.54, 1.807) is 18.2 Å². The van der Waals surface area contributed by atoms with Gasteiger partial charge in [0.15, 0.2) is 0 Å². The molecule has 7 heteroatoms. The van der Waals surface area contributed by atoms with E-state index in [2.05, 4.69) is 10.3 Å². The van der Waals surface area contributed by atoms with Gasteiger partial charge < -0.3 is 10.4 Å². The standard InChI is InChI=1S/C16H17FN2O3S/c1-9(2)7-12(16(21)22)19-14(20)13-8-18-15(23-13)10-5-3-4-6-11(10)17/h3-6,8-9,12H,7H2,1-2H3,(H,19,20)(H,21,22)/t12-/m0/s1. The minimum Gasteiger partial charge on any atom is -0.480 e. The largest absolute Gasteiger partial charge is 0.480 e. The fourth-order valence-electron chi connectivity index (χ4n) is 2.06. The van der Waals surface area contributed by atoms with Gasteiger partial charge in [0, 0.05) is 5.56 Å². The molecule has 2 aromatic rings. The Hall–Kier alpha value is -2.28. The molecular weight excluding hydrogens is 319 g/mol. The van der Waals surface area contributed by atoms with Gasteiger partial charge in [0.25, 0.3) is 5.91 Å². The number of halogens is 1. The smallest absolute Gasteiger partial charge is 0.326 e. The number of hydrogen-bond acceptors (Lipinski definition) is 4. The Balaban J connectivity index is 2.15. The molecule has 0 radical (unpaired) electrons. The van der Waals surface area contributed by atoms with E-state index < -0.39 is 23.7 Å². The summed E-state index contributed by atoms with van der Waals surface area (Å²) in [7, 11) is 0. The van der Waals surface area contributed by atoms with Crippen LogP contribution in [-0.2, 0) is 4.79 Å². The summed E-state index contributed by atoms with van der Waals surface area (Å²) < 4.78 is 13.7. The SMILES string of the molecule is CC(C)C[C@H](NC(=O)c1cnc(-c2ccccc2F)s1)C(=O)O. The zero-order chi connectivity index (χ0) is 17.0. The van der Waals surface area contributed by atoms with Crippen LogP contribution in [0.1, 0.15) is 29.9 Å². The number of nitrogens with zero attached hydrogens (tertiary/aromatic N) is 1. The average Bonchev–Trinajstić information content (AvgIpc) is 2.96. The molecule has 1 heterocycles. The fraction of sp³-hybridized carbons (Fsp3) is 0.312. The number of nitrogens with one attached hydrogen (secondary N) is 1. The Kier molecular flexibility index (Phi) is 5.44. The first-order chi connectivity index (χ1) is 10.9. The molecule has 0 bridgehead atoms.